The number of nitrogens with zero attached hydrogens (tertiary/aromatic N) is 4. The third-order valence-electron chi connectivity index (χ3n) is 4.92. The highest BCUT2D eigenvalue weighted by atomic mass is 32.1. The van der Waals surface area contributed by atoms with E-state index in [9.17, 15) is 4.79 Å². The maximum atomic E-state index is 12.6. The van der Waals surface area contributed by atoms with Gasteiger partial charge in [-0.2, -0.15) is 11.3 Å². The van der Waals surface area contributed by atoms with Crippen molar-refractivity contribution >= 4 is 17.2 Å². The summed E-state index contributed by atoms with van der Waals surface area (Å²) in [6, 6.07) is 2.56. The van der Waals surface area contributed by atoms with Crippen LogP contribution in [0.5, 0.6) is 0 Å². The van der Waals surface area contributed by atoms with Crippen molar-refractivity contribution in [3.63, 3.8) is 0 Å². The quantitative estimate of drug-likeness (QED) is 0.836. The Morgan fingerprint density at radius 2 is 2.25 bits per heavy atom. The van der Waals surface area contributed by atoms with Crippen molar-refractivity contribution < 1.29 is 4.79 Å². The fourth-order valence-corrected chi connectivity index (χ4v) is 3.80. The Kier molecular flexibility index (Phi) is 5.06. The number of rotatable bonds is 5. The van der Waals surface area contributed by atoms with Gasteiger partial charge >= 0.3 is 0 Å². The van der Waals surface area contributed by atoms with E-state index in [1.807, 2.05) is 27.9 Å². The summed E-state index contributed by atoms with van der Waals surface area (Å²) in [6.07, 6.45) is 2.45. The number of thiophene rings is 1. The molecule has 2 aromatic rings. The van der Waals surface area contributed by atoms with Crippen molar-refractivity contribution in [1.29, 1.82) is 0 Å². The molecule has 0 saturated heterocycles. The fourth-order valence-electron chi connectivity index (χ4n) is 3.13. The van der Waals surface area contributed by atoms with E-state index >= 15 is 0 Å². The first-order valence-electron chi connectivity index (χ1n) is 8.52. The molecule has 0 spiro atoms. The van der Waals surface area contributed by atoms with E-state index in [2.05, 4.69) is 42.3 Å². The minimum absolute atomic E-state index is 0.0305. The Morgan fingerprint density at radius 3 is 2.92 bits per heavy atom. The average Bonchev–Trinajstić information content (AvgIpc) is 3.18. The number of hydrogen-bond donors (Lipinski definition) is 0. The summed E-state index contributed by atoms with van der Waals surface area (Å²) in [4.78, 5) is 21.5. The molecule has 5 nitrogen and oxygen atoms in total. The summed E-state index contributed by atoms with van der Waals surface area (Å²) in [5.74, 6) is 1.20. The second-order valence-electron chi connectivity index (χ2n) is 6.84. The van der Waals surface area contributed by atoms with Gasteiger partial charge in [-0.05, 0) is 50.2 Å². The lowest BCUT2D eigenvalue weighted by atomic mass is 10.1. The van der Waals surface area contributed by atoms with Gasteiger partial charge in [-0.1, -0.05) is 0 Å². The van der Waals surface area contributed by atoms with E-state index in [1.54, 1.807) is 11.3 Å². The number of amides is 1. The molecule has 1 aliphatic heterocycles. The zero-order valence-electron chi connectivity index (χ0n) is 14.9. The molecule has 0 bridgehead atoms. The van der Waals surface area contributed by atoms with Gasteiger partial charge in [-0.15, -0.1) is 0 Å². The van der Waals surface area contributed by atoms with Crippen LogP contribution in [0, 0.1) is 0 Å². The molecule has 0 unspecified atom stereocenters. The van der Waals surface area contributed by atoms with Crippen LogP contribution in [0.1, 0.15) is 43.9 Å². The summed E-state index contributed by atoms with van der Waals surface area (Å²) < 4.78 is 2.29. The molecule has 0 fully saturated rings. The monoisotopic (exact) mass is 346 g/mol. The van der Waals surface area contributed by atoms with Crippen LogP contribution < -0.4 is 0 Å². The van der Waals surface area contributed by atoms with Crippen molar-refractivity contribution in [2.45, 2.75) is 52.4 Å². The van der Waals surface area contributed by atoms with Crippen LogP contribution in [0.4, 0.5) is 0 Å². The smallest absolute Gasteiger partial charge is 0.227 e. The molecule has 1 atom stereocenters. The third-order valence-corrected chi connectivity index (χ3v) is 5.66. The number of aromatic nitrogens is 2. The fraction of sp³-hybridized carbons (Fsp3) is 0.556. The van der Waals surface area contributed by atoms with Crippen molar-refractivity contribution in [2.75, 3.05) is 13.6 Å². The maximum absolute atomic E-state index is 12.6. The van der Waals surface area contributed by atoms with E-state index in [4.69, 9.17) is 0 Å². The van der Waals surface area contributed by atoms with Crippen LogP contribution in [0.3, 0.4) is 0 Å². The summed E-state index contributed by atoms with van der Waals surface area (Å²) in [6.45, 7) is 8.95. The molecule has 6 heteroatoms. The lowest BCUT2D eigenvalue weighted by Gasteiger charge is -2.35. The topological polar surface area (TPSA) is 41.4 Å². The molecule has 0 aliphatic carbocycles. The Bertz CT molecular complexity index is 692. The van der Waals surface area contributed by atoms with Crippen LogP contribution in [0.25, 0.3) is 0 Å². The second kappa shape index (κ2) is 7.07. The molecule has 0 N–H and O–H groups in total. The Hall–Kier alpha value is -1.66. The molecular weight excluding hydrogens is 320 g/mol. The van der Waals surface area contributed by atoms with Gasteiger partial charge < -0.3 is 9.47 Å². The first-order chi connectivity index (χ1) is 11.5. The maximum Gasteiger partial charge on any atom is 0.227 e. The van der Waals surface area contributed by atoms with E-state index in [1.165, 1.54) is 5.69 Å². The molecule has 1 aliphatic rings. The average molecular weight is 346 g/mol. The largest absolute Gasteiger partial charge is 0.331 e. The van der Waals surface area contributed by atoms with Crippen molar-refractivity contribution in [1.82, 2.24) is 19.4 Å². The van der Waals surface area contributed by atoms with Crippen LogP contribution in [0.2, 0.25) is 0 Å². The minimum atomic E-state index is 0.0305. The Balaban J connectivity index is 1.73. The standard InChI is InChI=1S/C18H26N4OS/c1-13(2)20(4)11-16-10-19-18-14(3)21(6-7-22(16)18)17(23)9-15-5-8-24-12-15/h5,8,10,12-14H,6-7,9,11H2,1-4H3/t14-/m1/s1. The summed E-state index contributed by atoms with van der Waals surface area (Å²) in [5.41, 5.74) is 2.34. The molecule has 2 aromatic heterocycles. The zero-order chi connectivity index (χ0) is 17.3. The van der Waals surface area contributed by atoms with Gasteiger partial charge in [0.1, 0.15) is 5.82 Å². The normalized spacial score (nSPS) is 17.6. The Labute approximate surface area is 147 Å². The van der Waals surface area contributed by atoms with Gasteiger partial charge in [0.25, 0.3) is 0 Å². The molecule has 3 rings (SSSR count). The van der Waals surface area contributed by atoms with Gasteiger partial charge in [-0.3, -0.25) is 9.69 Å². The highest BCUT2D eigenvalue weighted by Crippen LogP contribution is 2.26. The van der Waals surface area contributed by atoms with E-state index in [-0.39, 0.29) is 11.9 Å². The molecule has 0 saturated carbocycles. The molecule has 1 amide bonds. The Morgan fingerprint density at radius 1 is 1.46 bits per heavy atom. The highest BCUT2D eigenvalue weighted by Gasteiger charge is 2.30. The van der Waals surface area contributed by atoms with Crippen LogP contribution in [0.15, 0.2) is 23.0 Å². The molecule has 24 heavy (non-hydrogen) atoms. The van der Waals surface area contributed by atoms with Gasteiger partial charge in [0, 0.05) is 31.9 Å². The number of carbonyl (C=O) groups is 1. The number of carbonyl (C=O) groups excluding carboxylic acids is 1. The van der Waals surface area contributed by atoms with Crippen LogP contribution in [-0.4, -0.2) is 44.9 Å². The molecule has 130 valence electrons. The van der Waals surface area contributed by atoms with Crippen molar-refractivity contribution in [3.8, 4) is 0 Å². The van der Waals surface area contributed by atoms with Gasteiger partial charge in [0.15, 0.2) is 0 Å². The zero-order valence-corrected chi connectivity index (χ0v) is 15.7. The molecular formula is C18H26N4OS. The van der Waals surface area contributed by atoms with Crippen molar-refractivity contribution in [2.24, 2.45) is 0 Å². The highest BCUT2D eigenvalue weighted by molar-refractivity contribution is 7.07. The van der Waals surface area contributed by atoms with E-state index < -0.39 is 0 Å². The van der Waals surface area contributed by atoms with Gasteiger partial charge in [0.05, 0.1) is 18.2 Å². The summed E-state index contributed by atoms with van der Waals surface area (Å²) >= 11 is 1.64. The number of hydrogen-bond acceptors (Lipinski definition) is 4. The van der Waals surface area contributed by atoms with E-state index in [0.717, 1.165) is 31.0 Å². The number of fused-ring (bicyclic) bond motifs is 1. The number of imidazole rings is 1. The lowest BCUT2D eigenvalue weighted by molar-refractivity contribution is -0.133. The minimum Gasteiger partial charge on any atom is -0.331 e. The predicted octanol–water partition coefficient (Wildman–Crippen LogP) is 2.93. The predicted molar refractivity (Wildman–Crippen MR) is 97.0 cm³/mol. The summed E-state index contributed by atoms with van der Waals surface area (Å²) in [5, 5.41) is 4.07. The van der Waals surface area contributed by atoms with Crippen molar-refractivity contribution in [3.05, 3.63) is 40.1 Å². The van der Waals surface area contributed by atoms with Crippen LogP contribution in [-0.2, 0) is 24.3 Å². The lowest BCUT2D eigenvalue weighted by Crippen LogP contribution is -2.42. The molecule has 0 aromatic carbocycles. The third kappa shape index (κ3) is 3.39. The molecule has 3 heterocycles. The second-order valence-corrected chi connectivity index (χ2v) is 7.62. The van der Waals surface area contributed by atoms with E-state index in [0.29, 0.717) is 12.5 Å². The SMILES string of the molecule is CC(C)N(C)Cc1cnc2n1CCN(C(=O)Cc1ccsc1)[C@@H]2C. The summed E-state index contributed by atoms with van der Waals surface area (Å²) in [7, 11) is 2.13. The first kappa shape index (κ1) is 17.2. The van der Waals surface area contributed by atoms with Gasteiger partial charge in [-0.25, -0.2) is 4.98 Å². The van der Waals surface area contributed by atoms with Gasteiger partial charge in [0.2, 0.25) is 5.91 Å². The molecule has 0 radical (unpaired) electrons. The first-order valence-corrected chi connectivity index (χ1v) is 9.46. The van der Waals surface area contributed by atoms with Crippen LogP contribution >= 0.6 is 11.3 Å².